The Bertz CT molecular complexity index is 1030. The Morgan fingerprint density at radius 1 is 1.10 bits per heavy atom. The minimum atomic E-state index is -0.369. The molecule has 8 nitrogen and oxygen atoms in total. The van der Waals surface area contributed by atoms with Crippen LogP contribution in [-0.4, -0.2) is 81.4 Å². The number of hydrogen-bond donors (Lipinski definition) is 1. The first-order chi connectivity index (χ1) is 13.9. The van der Waals surface area contributed by atoms with E-state index in [1.807, 2.05) is 0 Å². The van der Waals surface area contributed by atoms with Crippen LogP contribution in [0, 0.1) is 0 Å². The van der Waals surface area contributed by atoms with Crippen LogP contribution in [0.25, 0.3) is 11.0 Å². The molecule has 2 fully saturated rings. The summed E-state index contributed by atoms with van der Waals surface area (Å²) in [6.07, 6.45) is 1.33. The number of rotatable bonds is 4. The number of likely N-dealkylation sites (tertiary alicyclic amines) is 1. The number of halogens is 2. The van der Waals surface area contributed by atoms with E-state index in [4.69, 9.17) is 23.2 Å². The van der Waals surface area contributed by atoms with Crippen LogP contribution in [0.5, 0.6) is 0 Å². The van der Waals surface area contributed by atoms with Crippen LogP contribution in [-0.2, 0) is 16.1 Å². The number of carbonyl (C=O) groups is 2. The molecule has 2 aliphatic heterocycles. The van der Waals surface area contributed by atoms with E-state index in [9.17, 15) is 14.4 Å². The average molecular weight is 438 g/mol. The van der Waals surface area contributed by atoms with Crippen molar-refractivity contribution in [3.63, 3.8) is 0 Å². The molecule has 0 saturated carbocycles. The Balaban J connectivity index is 1.36. The largest absolute Gasteiger partial charge is 0.339 e. The molecule has 10 heteroatoms. The van der Waals surface area contributed by atoms with Crippen molar-refractivity contribution < 1.29 is 9.59 Å². The van der Waals surface area contributed by atoms with Crippen molar-refractivity contribution in [3.05, 3.63) is 45.3 Å². The molecular weight excluding hydrogens is 417 g/mol. The van der Waals surface area contributed by atoms with Gasteiger partial charge in [-0.05, 0) is 18.2 Å². The Morgan fingerprint density at radius 2 is 1.76 bits per heavy atom. The maximum Gasteiger partial charge on any atom is 0.326 e. The highest BCUT2D eigenvalue weighted by Gasteiger charge is 2.35. The molecule has 0 unspecified atom stereocenters. The summed E-state index contributed by atoms with van der Waals surface area (Å²) in [4.78, 5) is 45.1. The van der Waals surface area contributed by atoms with Crippen LogP contribution in [0.15, 0.2) is 29.6 Å². The number of amides is 2. The second-order valence-electron chi connectivity index (χ2n) is 7.32. The Hall–Kier alpha value is -2.29. The zero-order chi connectivity index (χ0) is 20.7. The van der Waals surface area contributed by atoms with Gasteiger partial charge in [-0.15, -0.1) is 0 Å². The summed E-state index contributed by atoms with van der Waals surface area (Å²) < 4.78 is 1.39. The van der Waals surface area contributed by atoms with Gasteiger partial charge < -0.3 is 14.8 Å². The van der Waals surface area contributed by atoms with Crippen molar-refractivity contribution in [2.75, 3.05) is 39.3 Å². The van der Waals surface area contributed by atoms with Gasteiger partial charge in [-0.25, -0.2) is 4.79 Å². The minimum Gasteiger partial charge on any atom is -0.339 e. The molecule has 1 N–H and O–H groups in total. The fourth-order valence-electron chi connectivity index (χ4n) is 3.88. The van der Waals surface area contributed by atoms with Gasteiger partial charge in [0.05, 0.1) is 21.1 Å². The van der Waals surface area contributed by atoms with Crippen molar-refractivity contribution in [2.45, 2.75) is 12.6 Å². The maximum atomic E-state index is 12.8. The quantitative estimate of drug-likeness (QED) is 0.727. The van der Waals surface area contributed by atoms with E-state index in [0.29, 0.717) is 53.3 Å². The van der Waals surface area contributed by atoms with E-state index in [-0.39, 0.29) is 24.0 Å². The van der Waals surface area contributed by atoms with Gasteiger partial charge in [0.15, 0.2) is 0 Å². The van der Waals surface area contributed by atoms with Gasteiger partial charge in [0.25, 0.3) is 0 Å². The van der Waals surface area contributed by atoms with Gasteiger partial charge in [0, 0.05) is 45.3 Å². The number of imidazole rings is 1. The number of nitrogens with one attached hydrogen (secondary N) is 1. The van der Waals surface area contributed by atoms with E-state index in [0.717, 1.165) is 13.1 Å². The third-order valence-corrected chi connectivity index (χ3v) is 6.36. The molecule has 0 radical (unpaired) electrons. The topological polar surface area (TPSA) is 81.7 Å². The number of carbonyl (C=O) groups excluding carboxylic acids is 2. The van der Waals surface area contributed by atoms with E-state index in [1.54, 1.807) is 21.9 Å². The number of aromatic amines is 1. The van der Waals surface area contributed by atoms with E-state index >= 15 is 0 Å². The average Bonchev–Trinajstić information content (AvgIpc) is 2.95. The summed E-state index contributed by atoms with van der Waals surface area (Å²) in [5.41, 5.74) is 0.732. The van der Waals surface area contributed by atoms with Crippen molar-refractivity contribution >= 4 is 46.0 Å². The third kappa shape index (κ3) is 3.80. The molecule has 2 amide bonds. The first kappa shape index (κ1) is 20.0. The van der Waals surface area contributed by atoms with Crippen molar-refractivity contribution in [2.24, 2.45) is 0 Å². The lowest BCUT2D eigenvalue weighted by Crippen LogP contribution is -2.64. The number of fused-ring (bicyclic) bond motifs is 1. The lowest BCUT2D eigenvalue weighted by atomic mass is 10.1. The third-order valence-electron chi connectivity index (χ3n) is 5.64. The second kappa shape index (κ2) is 7.85. The van der Waals surface area contributed by atoms with E-state index in [1.165, 1.54) is 10.6 Å². The van der Waals surface area contributed by atoms with Gasteiger partial charge in [-0.3, -0.25) is 19.1 Å². The predicted molar refractivity (Wildman–Crippen MR) is 111 cm³/mol. The standard InChI is InChI=1S/C19H21Cl2N5O3/c1-2-17(27)25-9-12(10-25)23-3-5-24(6-4-23)18(28)11-26-16-8-14(21)13(20)7-15(16)22-19(26)29/h2,7-8,12H,1,3-6,9-11H2,(H,22,29). The fraction of sp³-hybridized carbons (Fsp3) is 0.421. The van der Waals surface area contributed by atoms with Crippen LogP contribution in [0.4, 0.5) is 0 Å². The summed E-state index contributed by atoms with van der Waals surface area (Å²) in [6, 6.07) is 3.51. The summed E-state index contributed by atoms with van der Waals surface area (Å²) in [6.45, 7) is 7.53. The highest BCUT2D eigenvalue weighted by molar-refractivity contribution is 6.42. The SMILES string of the molecule is C=CC(=O)N1CC(N2CCN(C(=O)Cn3c(=O)[nH]c4cc(Cl)c(Cl)cc43)CC2)C1. The van der Waals surface area contributed by atoms with E-state index < -0.39 is 0 Å². The van der Waals surface area contributed by atoms with Crippen molar-refractivity contribution in [1.82, 2.24) is 24.3 Å². The van der Waals surface area contributed by atoms with Crippen LogP contribution in [0.2, 0.25) is 10.0 Å². The normalized spacial score (nSPS) is 18.1. The number of hydrogen-bond acceptors (Lipinski definition) is 4. The molecule has 154 valence electrons. The molecule has 29 heavy (non-hydrogen) atoms. The van der Waals surface area contributed by atoms with Gasteiger partial charge >= 0.3 is 5.69 Å². The Labute approximate surface area is 177 Å². The number of H-pyrrole nitrogens is 1. The monoisotopic (exact) mass is 437 g/mol. The molecule has 0 aliphatic carbocycles. The smallest absolute Gasteiger partial charge is 0.326 e. The second-order valence-corrected chi connectivity index (χ2v) is 8.13. The summed E-state index contributed by atoms with van der Waals surface area (Å²) in [5.74, 6) is -0.156. The summed E-state index contributed by atoms with van der Waals surface area (Å²) in [7, 11) is 0. The van der Waals surface area contributed by atoms with Gasteiger partial charge in [-0.1, -0.05) is 29.8 Å². The highest BCUT2D eigenvalue weighted by atomic mass is 35.5. The molecule has 1 aromatic heterocycles. The lowest BCUT2D eigenvalue weighted by Gasteiger charge is -2.47. The molecule has 1 aromatic carbocycles. The zero-order valence-electron chi connectivity index (χ0n) is 15.7. The molecule has 0 spiro atoms. The lowest BCUT2D eigenvalue weighted by molar-refractivity contribution is -0.137. The van der Waals surface area contributed by atoms with Gasteiger partial charge in [-0.2, -0.15) is 0 Å². The zero-order valence-corrected chi connectivity index (χ0v) is 17.2. The molecule has 3 heterocycles. The molecule has 0 atom stereocenters. The molecule has 2 saturated heterocycles. The van der Waals surface area contributed by atoms with Crippen LogP contribution in [0.1, 0.15) is 0 Å². The van der Waals surface area contributed by atoms with Crippen molar-refractivity contribution in [3.8, 4) is 0 Å². The molecular formula is C19H21Cl2N5O3. The predicted octanol–water partition coefficient (Wildman–Crippen LogP) is 1.18. The first-order valence-electron chi connectivity index (χ1n) is 9.38. The number of piperazine rings is 1. The highest BCUT2D eigenvalue weighted by Crippen LogP contribution is 2.26. The number of nitrogens with zero attached hydrogens (tertiary/aromatic N) is 4. The van der Waals surface area contributed by atoms with Gasteiger partial charge in [0.1, 0.15) is 6.54 Å². The van der Waals surface area contributed by atoms with Crippen molar-refractivity contribution in [1.29, 1.82) is 0 Å². The molecule has 2 aromatic rings. The number of benzene rings is 1. The first-order valence-corrected chi connectivity index (χ1v) is 10.1. The summed E-state index contributed by atoms with van der Waals surface area (Å²) in [5, 5.41) is 0.678. The molecule has 4 rings (SSSR count). The Morgan fingerprint density at radius 3 is 2.41 bits per heavy atom. The van der Waals surface area contributed by atoms with Gasteiger partial charge in [0.2, 0.25) is 11.8 Å². The summed E-state index contributed by atoms with van der Waals surface area (Å²) >= 11 is 12.1. The van der Waals surface area contributed by atoms with Crippen LogP contribution in [0.3, 0.4) is 0 Å². The fourth-order valence-corrected chi connectivity index (χ4v) is 4.20. The minimum absolute atomic E-state index is 0.0411. The van der Waals surface area contributed by atoms with E-state index in [2.05, 4.69) is 16.5 Å². The molecule has 0 bridgehead atoms. The maximum absolute atomic E-state index is 12.8. The van der Waals surface area contributed by atoms with Crippen LogP contribution < -0.4 is 5.69 Å². The Kier molecular flexibility index (Phi) is 5.42. The van der Waals surface area contributed by atoms with Crippen LogP contribution >= 0.6 is 23.2 Å². The number of aromatic nitrogens is 2. The molecule has 2 aliphatic rings.